The number of ether oxygens (including phenoxy) is 1. The Kier molecular flexibility index (Phi) is 6.16. The fourth-order valence-electron chi connectivity index (χ4n) is 3.43. The van der Waals surface area contributed by atoms with Crippen LogP contribution in [-0.2, 0) is 16.1 Å². The highest BCUT2D eigenvalue weighted by atomic mass is 16.5. The maximum Gasteiger partial charge on any atom is 0.337 e. The van der Waals surface area contributed by atoms with Crippen LogP contribution in [0.25, 0.3) is 0 Å². The minimum absolute atomic E-state index is 0.0818. The zero-order chi connectivity index (χ0) is 16.8. The lowest BCUT2D eigenvalue weighted by atomic mass is 9.92. The number of piperidine rings is 1. The molecule has 0 bridgehead atoms. The molecule has 0 saturated carbocycles. The van der Waals surface area contributed by atoms with E-state index in [0.29, 0.717) is 30.5 Å². The fourth-order valence-corrected chi connectivity index (χ4v) is 3.43. The van der Waals surface area contributed by atoms with Crippen molar-refractivity contribution in [1.82, 2.24) is 5.32 Å². The average Bonchev–Trinajstić information content (AvgIpc) is 2.51. The molecule has 126 valence electrons. The number of amides is 1. The summed E-state index contributed by atoms with van der Waals surface area (Å²) in [6.45, 7) is 7.69. The summed E-state index contributed by atoms with van der Waals surface area (Å²) < 4.78 is 4.66. The molecule has 23 heavy (non-hydrogen) atoms. The number of esters is 1. The van der Waals surface area contributed by atoms with Gasteiger partial charge in [0.25, 0.3) is 5.91 Å². The zero-order valence-corrected chi connectivity index (χ0v) is 14.2. The van der Waals surface area contributed by atoms with Crippen LogP contribution in [0.2, 0.25) is 0 Å². The molecular weight excluding hydrogens is 292 g/mol. The number of likely N-dealkylation sites (tertiary alicyclic amines) is 1. The predicted octanol–water partition coefficient (Wildman–Crippen LogP) is 0.650. The van der Waals surface area contributed by atoms with Crippen molar-refractivity contribution in [2.24, 2.45) is 11.8 Å². The summed E-state index contributed by atoms with van der Waals surface area (Å²) in [6, 6.07) is 7.11. The molecule has 0 aromatic heterocycles. The van der Waals surface area contributed by atoms with E-state index in [1.807, 2.05) is 12.1 Å². The van der Waals surface area contributed by atoms with Crippen LogP contribution in [0.5, 0.6) is 0 Å². The van der Waals surface area contributed by atoms with Gasteiger partial charge < -0.3 is 15.0 Å². The molecule has 1 aromatic rings. The van der Waals surface area contributed by atoms with Crippen molar-refractivity contribution in [3.05, 3.63) is 35.4 Å². The molecule has 3 atom stereocenters. The molecule has 0 radical (unpaired) electrons. The number of nitrogens with one attached hydrogen (secondary N) is 2. The van der Waals surface area contributed by atoms with Crippen LogP contribution in [0.3, 0.4) is 0 Å². The van der Waals surface area contributed by atoms with Crippen LogP contribution in [0, 0.1) is 11.8 Å². The number of quaternary nitrogens is 1. The highest BCUT2D eigenvalue weighted by molar-refractivity contribution is 5.89. The van der Waals surface area contributed by atoms with Gasteiger partial charge in [-0.05, 0) is 24.1 Å². The second-order valence-electron chi connectivity index (χ2n) is 6.75. The summed E-state index contributed by atoms with van der Waals surface area (Å²) in [5, 5.41) is 2.96. The molecule has 5 heteroatoms. The molecule has 5 nitrogen and oxygen atoms in total. The van der Waals surface area contributed by atoms with Crippen molar-refractivity contribution in [3.8, 4) is 0 Å². The predicted molar refractivity (Wildman–Crippen MR) is 88.1 cm³/mol. The Bertz CT molecular complexity index is 532. The minimum atomic E-state index is -0.350. The smallest absolute Gasteiger partial charge is 0.337 e. The van der Waals surface area contributed by atoms with Crippen molar-refractivity contribution in [2.45, 2.75) is 26.8 Å². The first-order valence-electron chi connectivity index (χ1n) is 8.25. The summed E-state index contributed by atoms with van der Waals surface area (Å²) in [6.07, 6.45) is 1.26. The molecule has 0 aliphatic carbocycles. The molecule has 1 saturated heterocycles. The molecule has 1 aliphatic heterocycles. The lowest BCUT2D eigenvalue weighted by molar-refractivity contribution is -0.904. The van der Waals surface area contributed by atoms with Gasteiger partial charge in [-0.25, -0.2) is 4.79 Å². The highest BCUT2D eigenvalue weighted by Gasteiger charge is 2.26. The van der Waals surface area contributed by atoms with Crippen LogP contribution in [0.4, 0.5) is 0 Å². The van der Waals surface area contributed by atoms with E-state index >= 15 is 0 Å². The van der Waals surface area contributed by atoms with Crippen molar-refractivity contribution in [1.29, 1.82) is 0 Å². The van der Waals surface area contributed by atoms with Gasteiger partial charge in [0.15, 0.2) is 6.54 Å². The SMILES string of the molecule is COC(=O)c1ccc(CNC(=O)C[NH+]2C[C@H](C)C[C@H](C)C2)cc1. The standard InChI is InChI=1S/C18H26N2O3/c1-13-8-14(2)11-20(10-13)12-17(21)19-9-15-4-6-16(7-5-15)18(22)23-3/h4-7,13-14H,8-12H2,1-3H3,(H,19,21)/p+1/t13-,14+. The Balaban J connectivity index is 1.79. The average molecular weight is 319 g/mol. The number of hydrogen-bond donors (Lipinski definition) is 2. The van der Waals surface area contributed by atoms with Gasteiger partial charge >= 0.3 is 5.97 Å². The van der Waals surface area contributed by atoms with Crippen LogP contribution >= 0.6 is 0 Å². The molecule has 1 amide bonds. The van der Waals surface area contributed by atoms with Gasteiger partial charge in [0, 0.05) is 18.4 Å². The third-order valence-electron chi connectivity index (χ3n) is 4.35. The number of benzene rings is 1. The van der Waals surface area contributed by atoms with E-state index < -0.39 is 0 Å². The normalized spacial score (nSPS) is 24.0. The summed E-state index contributed by atoms with van der Waals surface area (Å²) in [5.41, 5.74) is 1.49. The largest absolute Gasteiger partial charge is 0.465 e. The van der Waals surface area contributed by atoms with E-state index in [-0.39, 0.29) is 11.9 Å². The van der Waals surface area contributed by atoms with Crippen LogP contribution in [0.1, 0.15) is 36.2 Å². The highest BCUT2D eigenvalue weighted by Crippen LogP contribution is 2.11. The number of carbonyl (C=O) groups excluding carboxylic acids is 2. The van der Waals surface area contributed by atoms with Gasteiger partial charge in [-0.3, -0.25) is 4.79 Å². The Hall–Kier alpha value is -1.88. The Morgan fingerprint density at radius 2 is 1.78 bits per heavy atom. The lowest BCUT2D eigenvalue weighted by Crippen LogP contribution is -3.15. The lowest BCUT2D eigenvalue weighted by Gasteiger charge is -2.31. The first-order valence-corrected chi connectivity index (χ1v) is 8.25. The minimum Gasteiger partial charge on any atom is -0.465 e. The molecule has 1 aromatic carbocycles. The van der Waals surface area contributed by atoms with E-state index in [1.54, 1.807) is 12.1 Å². The molecule has 0 spiro atoms. The van der Waals surface area contributed by atoms with Gasteiger partial charge in [0.1, 0.15) is 0 Å². The van der Waals surface area contributed by atoms with Gasteiger partial charge in [-0.2, -0.15) is 0 Å². The van der Waals surface area contributed by atoms with E-state index in [0.717, 1.165) is 18.7 Å². The number of hydrogen-bond acceptors (Lipinski definition) is 3. The molecule has 1 aliphatic rings. The Morgan fingerprint density at radius 3 is 2.35 bits per heavy atom. The van der Waals surface area contributed by atoms with E-state index in [4.69, 9.17) is 0 Å². The van der Waals surface area contributed by atoms with E-state index in [2.05, 4.69) is 23.9 Å². The van der Waals surface area contributed by atoms with Gasteiger partial charge in [-0.15, -0.1) is 0 Å². The molecular formula is C18H27N2O3+. The van der Waals surface area contributed by atoms with E-state index in [9.17, 15) is 9.59 Å². The van der Waals surface area contributed by atoms with Gasteiger partial charge in [0.2, 0.25) is 0 Å². The van der Waals surface area contributed by atoms with Crippen LogP contribution in [-0.4, -0.2) is 38.6 Å². The first kappa shape index (κ1) is 17.5. The van der Waals surface area contributed by atoms with Crippen molar-refractivity contribution in [3.63, 3.8) is 0 Å². The molecule has 2 rings (SSSR count). The third kappa shape index (κ3) is 5.36. The summed E-state index contributed by atoms with van der Waals surface area (Å²) in [4.78, 5) is 24.9. The second kappa shape index (κ2) is 8.11. The molecule has 1 heterocycles. The van der Waals surface area contributed by atoms with Crippen molar-refractivity contribution < 1.29 is 19.2 Å². The van der Waals surface area contributed by atoms with Crippen LogP contribution < -0.4 is 10.2 Å². The summed E-state index contributed by atoms with van der Waals surface area (Å²) in [5.74, 6) is 1.11. The van der Waals surface area contributed by atoms with Crippen molar-refractivity contribution in [2.75, 3.05) is 26.7 Å². The maximum absolute atomic E-state index is 12.1. The quantitative estimate of drug-likeness (QED) is 0.784. The Morgan fingerprint density at radius 1 is 1.17 bits per heavy atom. The van der Waals surface area contributed by atoms with Crippen LogP contribution in [0.15, 0.2) is 24.3 Å². The fraction of sp³-hybridized carbons (Fsp3) is 0.556. The second-order valence-corrected chi connectivity index (χ2v) is 6.75. The monoisotopic (exact) mass is 319 g/mol. The van der Waals surface area contributed by atoms with E-state index in [1.165, 1.54) is 18.4 Å². The van der Waals surface area contributed by atoms with Gasteiger partial charge in [0.05, 0.1) is 25.8 Å². The maximum atomic E-state index is 12.1. The van der Waals surface area contributed by atoms with Gasteiger partial charge in [-0.1, -0.05) is 26.0 Å². The molecule has 2 N–H and O–H groups in total. The third-order valence-corrected chi connectivity index (χ3v) is 4.35. The summed E-state index contributed by atoms with van der Waals surface area (Å²) >= 11 is 0. The number of carbonyl (C=O) groups is 2. The summed E-state index contributed by atoms with van der Waals surface area (Å²) in [7, 11) is 1.36. The number of rotatable bonds is 5. The topological polar surface area (TPSA) is 59.8 Å². The molecule has 1 fully saturated rings. The number of methoxy groups -OCH3 is 1. The van der Waals surface area contributed by atoms with Crippen molar-refractivity contribution >= 4 is 11.9 Å². The first-order chi connectivity index (χ1) is 11.0. The molecule has 1 unspecified atom stereocenters. The Labute approximate surface area is 138 Å². The zero-order valence-electron chi connectivity index (χ0n) is 14.2.